The smallest absolute Gasteiger partial charge is 0.0458 e. The highest BCUT2D eigenvalue weighted by Gasteiger charge is 2.19. The molecule has 0 fully saturated rings. The average molecular weight is 216 g/mol. The number of benzene rings is 1. The zero-order chi connectivity index (χ0) is 11.8. The molecule has 1 aromatic carbocycles. The summed E-state index contributed by atoms with van der Waals surface area (Å²) in [6, 6.07) is 8.51. The van der Waals surface area contributed by atoms with Gasteiger partial charge in [0.2, 0.25) is 0 Å². The molecule has 2 heteroatoms. The summed E-state index contributed by atoms with van der Waals surface area (Å²) in [5.41, 5.74) is 4.08. The van der Waals surface area contributed by atoms with Crippen LogP contribution in [0.3, 0.4) is 0 Å². The largest absolute Gasteiger partial charge is 0.358 e. The highest BCUT2D eigenvalue weighted by Crippen LogP contribution is 2.25. The Morgan fingerprint density at radius 1 is 1.25 bits per heavy atom. The van der Waals surface area contributed by atoms with Gasteiger partial charge in [-0.25, -0.2) is 0 Å². The maximum absolute atomic E-state index is 3.45. The van der Waals surface area contributed by atoms with Crippen LogP contribution in [0.1, 0.15) is 25.1 Å². The molecule has 0 amide bonds. The highest BCUT2D eigenvalue weighted by atomic mass is 14.9. The van der Waals surface area contributed by atoms with E-state index in [1.165, 1.54) is 22.2 Å². The monoisotopic (exact) mass is 216 g/mol. The van der Waals surface area contributed by atoms with Gasteiger partial charge in [0, 0.05) is 22.1 Å². The Bertz CT molecular complexity index is 494. The number of hydrogen-bond acceptors (Lipinski definition) is 1. The molecule has 0 aliphatic rings. The van der Waals surface area contributed by atoms with E-state index in [0.29, 0.717) is 0 Å². The molecule has 0 radical (unpaired) electrons. The second-order valence-corrected chi connectivity index (χ2v) is 5.08. The number of rotatable bonds is 3. The summed E-state index contributed by atoms with van der Waals surface area (Å²) in [6.45, 7) is 6.61. The van der Waals surface area contributed by atoms with Crippen LogP contribution < -0.4 is 5.32 Å². The fourth-order valence-corrected chi connectivity index (χ4v) is 2.09. The van der Waals surface area contributed by atoms with Crippen LogP contribution in [-0.2, 0) is 6.42 Å². The molecule has 0 bridgehead atoms. The van der Waals surface area contributed by atoms with Crippen LogP contribution in [0.4, 0.5) is 0 Å². The van der Waals surface area contributed by atoms with Crippen LogP contribution >= 0.6 is 0 Å². The maximum Gasteiger partial charge on any atom is 0.0458 e. The van der Waals surface area contributed by atoms with Gasteiger partial charge in [0.05, 0.1) is 0 Å². The lowest BCUT2D eigenvalue weighted by molar-refractivity contribution is 0.422. The third kappa shape index (κ3) is 1.98. The van der Waals surface area contributed by atoms with Crippen molar-refractivity contribution in [3.05, 3.63) is 35.5 Å². The van der Waals surface area contributed by atoms with Crippen molar-refractivity contribution in [2.75, 3.05) is 7.05 Å². The van der Waals surface area contributed by atoms with Gasteiger partial charge in [-0.15, -0.1) is 0 Å². The fraction of sp³-hybridized carbons (Fsp3) is 0.429. The maximum atomic E-state index is 3.45. The molecule has 0 saturated heterocycles. The molecular weight excluding hydrogens is 196 g/mol. The molecule has 0 saturated carbocycles. The molecule has 2 nitrogen and oxygen atoms in total. The van der Waals surface area contributed by atoms with Crippen molar-refractivity contribution >= 4 is 10.9 Å². The third-order valence-corrected chi connectivity index (χ3v) is 3.32. The van der Waals surface area contributed by atoms with Crippen molar-refractivity contribution < 1.29 is 0 Å². The van der Waals surface area contributed by atoms with E-state index in [9.17, 15) is 0 Å². The van der Waals surface area contributed by atoms with Gasteiger partial charge in [-0.1, -0.05) is 18.2 Å². The Hall–Kier alpha value is -1.28. The van der Waals surface area contributed by atoms with Crippen molar-refractivity contribution in [2.24, 2.45) is 0 Å². The van der Waals surface area contributed by atoms with Crippen LogP contribution in [0.25, 0.3) is 10.9 Å². The number of likely N-dealkylation sites (N-methyl/N-ethyl adjacent to an activating group) is 1. The van der Waals surface area contributed by atoms with Gasteiger partial charge in [0.1, 0.15) is 0 Å². The zero-order valence-electron chi connectivity index (χ0n) is 10.5. The van der Waals surface area contributed by atoms with Gasteiger partial charge in [-0.3, -0.25) is 0 Å². The van der Waals surface area contributed by atoms with Crippen molar-refractivity contribution in [1.29, 1.82) is 0 Å². The molecule has 2 N–H and O–H groups in total. The number of para-hydroxylation sites is 1. The molecule has 0 spiro atoms. The van der Waals surface area contributed by atoms with Crippen molar-refractivity contribution in [1.82, 2.24) is 10.3 Å². The third-order valence-electron chi connectivity index (χ3n) is 3.32. The van der Waals surface area contributed by atoms with Crippen molar-refractivity contribution in [3.63, 3.8) is 0 Å². The minimum Gasteiger partial charge on any atom is -0.358 e. The van der Waals surface area contributed by atoms with Crippen LogP contribution in [0.5, 0.6) is 0 Å². The zero-order valence-corrected chi connectivity index (χ0v) is 10.5. The van der Waals surface area contributed by atoms with E-state index in [0.717, 1.165) is 6.42 Å². The van der Waals surface area contributed by atoms with Gasteiger partial charge >= 0.3 is 0 Å². The second kappa shape index (κ2) is 3.95. The van der Waals surface area contributed by atoms with Crippen LogP contribution in [0.2, 0.25) is 0 Å². The van der Waals surface area contributed by atoms with E-state index < -0.39 is 0 Å². The lowest BCUT2D eigenvalue weighted by Gasteiger charge is -2.24. The van der Waals surface area contributed by atoms with E-state index in [1.807, 2.05) is 7.05 Å². The molecule has 2 aromatic rings. The lowest BCUT2D eigenvalue weighted by atomic mass is 9.93. The standard InChI is InChI=1S/C14H20N2/c1-10-12(9-14(2,3)15-4)11-7-5-6-8-13(11)16-10/h5-8,15-16H,9H2,1-4H3. The van der Waals surface area contributed by atoms with E-state index in [4.69, 9.17) is 0 Å². The number of fused-ring (bicyclic) bond motifs is 1. The van der Waals surface area contributed by atoms with Crippen LogP contribution in [0, 0.1) is 6.92 Å². The van der Waals surface area contributed by atoms with Crippen LogP contribution in [-0.4, -0.2) is 17.6 Å². The van der Waals surface area contributed by atoms with E-state index in [1.54, 1.807) is 0 Å². The Balaban J connectivity index is 2.47. The Labute approximate surface area is 97.1 Å². The summed E-state index contributed by atoms with van der Waals surface area (Å²) in [6.07, 6.45) is 1.04. The molecule has 1 heterocycles. The minimum absolute atomic E-state index is 0.135. The summed E-state index contributed by atoms with van der Waals surface area (Å²) < 4.78 is 0. The van der Waals surface area contributed by atoms with Gasteiger partial charge in [-0.05, 0) is 45.9 Å². The Kier molecular flexibility index (Phi) is 2.76. The predicted molar refractivity (Wildman–Crippen MR) is 69.9 cm³/mol. The van der Waals surface area contributed by atoms with Crippen LogP contribution in [0.15, 0.2) is 24.3 Å². The molecule has 0 aliphatic carbocycles. The average Bonchev–Trinajstić information content (AvgIpc) is 2.56. The highest BCUT2D eigenvalue weighted by molar-refractivity contribution is 5.84. The van der Waals surface area contributed by atoms with Gasteiger partial charge < -0.3 is 10.3 Å². The molecule has 0 aliphatic heterocycles. The summed E-state index contributed by atoms with van der Waals surface area (Å²) in [5, 5.41) is 4.71. The predicted octanol–water partition coefficient (Wildman–Crippen LogP) is 3.02. The van der Waals surface area contributed by atoms with E-state index in [2.05, 4.69) is 55.3 Å². The first kappa shape index (κ1) is 11.2. The molecule has 2 rings (SSSR count). The van der Waals surface area contributed by atoms with Crippen molar-refractivity contribution in [2.45, 2.75) is 32.7 Å². The minimum atomic E-state index is 0.135. The van der Waals surface area contributed by atoms with E-state index >= 15 is 0 Å². The lowest BCUT2D eigenvalue weighted by Crippen LogP contribution is -2.38. The molecule has 16 heavy (non-hydrogen) atoms. The Morgan fingerprint density at radius 3 is 2.62 bits per heavy atom. The number of nitrogens with one attached hydrogen (secondary N) is 2. The van der Waals surface area contributed by atoms with Gasteiger partial charge in [0.15, 0.2) is 0 Å². The number of aromatic amines is 1. The summed E-state index contributed by atoms with van der Waals surface area (Å²) >= 11 is 0. The topological polar surface area (TPSA) is 27.8 Å². The van der Waals surface area contributed by atoms with E-state index in [-0.39, 0.29) is 5.54 Å². The summed E-state index contributed by atoms with van der Waals surface area (Å²) in [7, 11) is 2.02. The number of hydrogen-bond donors (Lipinski definition) is 2. The van der Waals surface area contributed by atoms with Crippen molar-refractivity contribution in [3.8, 4) is 0 Å². The SMILES string of the molecule is CNC(C)(C)Cc1c(C)[nH]c2ccccc12. The molecule has 0 unspecified atom stereocenters. The Morgan fingerprint density at radius 2 is 1.94 bits per heavy atom. The normalized spacial score (nSPS) is 12.2. The number of aryl methyl sites for hydroxylation is 1. The van der Waals surface area contributed by atoms with Gasteiger partial charge in [-0.2, -0.15) is 0 Å². The second-order valence-electron chi connectivity index (χ2n) is 5.08. The first-order chi connectivity index (χ1) is 7.53. The summed E-state index contributed by atoms with van der Waals surface area (Å²) in [5.74, 6) is 0. The quantitative estimate of drug-likeness (QED) is 0.811. The molecule has 0 atom stereocenters. The summed E-state index contributed by atoms with van der Waals surface area (Å²) in [4.78, 5) is 3.45. The first-order valence-corrected chi connectivity index (χ1v) is 5.78. The molecular formula is C14H20N2. The number of aromatic nitrogens is 1. The van der Waals surface area contributed by atoms with Gasteiger partial charge in [0.25, 0.3) is 0 Å². The molecule has 86 valence electrons. The number of H-pyrrole nitrogens is 1. The first-order valence-electron chi connectivity index (χ1n) is 5.78. The fourth-order valence-electron chi connectivity index (χ4n) is 2.09. The molecule has 1 aromatic heterocycles.